The van der Waals surface area contributed by atoms with Gasteiger partial charge in [-0.2, -0.15) is 0 Å². The molecule has 3 rings (SSSR count). The molecule has 0 radical (unpaired) electrons. The fourth-order valence-electron chi connectivity index (χ4n) is 2.78. The monoisotopic (exact) mass is 322 g/mol. The van der Waals surface area contributed by atoms with Gasteiger partial charge in [-0.25, -0.2) is 0 Å². The summed E-state index contributed by atoms with van der Waals surface area (Å²) in [6.07, 6.45) is 2.72. The van der Waals surface area contributed by atoms with Crippen LogP contribution in [0, 0.1) is 0 Å². The van der Waals surface area contributed by atoms with Crippen LogP contribution >= 0.6 is 15.9 Å². The Morgan fingerprint density at radius 1 is 1.26 bits per heavy atom. The van der Waals surface area contributed by atoms with Crippen LogP contribution in [0.15, 0.2) is 22.7 Å². The number of amides is 2. The van der Waals surface area contributed by atoms with Crippen LogP contribution in [0.5, 0.6) is 0 Å². The van der Waals surface area contributed by atoms with Crippen LogP contribution in [0.2, 0.25) is 0 Å². The first-order valence-corrected chi connectivity index (χ1v) is 7.33. The molecule has 1 atom stereocenters. The van der Waals surface area contributed by atoms with E-state index in [1.807, 2.05) is 18.2 Å². The Hall–Kier alpha value is -1.36. The van der Waals surface area contributed by atoms with Gasteiger partial charge in [0.25, 0.3) is 5.91 Å². The molecule has 1 aromatic carbocycles. The van der Waals surface area contributed by atoms with E-state index in [9.17, 15) is 9.59 Å². The van der Waals surface area contributed by atoms with E-state index in [4.69, 9.17) is 0 Å². The first-order valence-electron chi connectivity index (χ1n) is 6.54. The second kappa shape index (κ2) is 4.96. The second-order valence-electron chi connectivity index (χ2n) is 5.04. The number of fused-ring (bicyclic) bond motifs is 1. The number of nitrogens with zero attached hydrogens (tertiary/aromatic N) is 1. The molecule has 4 nitrogen and oxygen atoms in total. The average molecular weight is 323 g/mol. The number of hydrogen-bond donors (Lipinski definition) is 1. The molecule has 1 saturated heterocycles. The first-order chi connectivity index (χ1) is 9.16. The number of hydrogen-bond acceptors (Lipinski definition) is 2. The van der Waals surface area contributed by atoms with E-state index in [1.165, 1.54) is 0 Å². The smallest absolute Gasteiger partial charge is 0.255 e. The zero-order valence-electron chi connectivity index (χ0n) is 10.5. The summed E-state index contributed by atoms with van der Waals surface area (Å²) >= 11 is 3.42. The summed E-state index contributed by atoms with van der Waals surface area (Å²) < 4.78 is 0.964. The lowest BCUT2D eigenvalue weighted by Crippen LogP contribution is -2.45. The van der Waals surface area contributed by atoms with Crippen molar-refractivity contribution in [3.8, 4) is 0 Å². The van der Waals surface area contributed by atoms with E-state index in [0.717, 1.165) is 41.4 Å². The van der Waals surface area contributed by atoms with Crippen molar-refractivity contribution in [2.24, 2.45) is 0 Å². The van der Waals surface area contributed by atoms with E-state index >= 15 is 0 Å². The summed E-state index contributed by atoms with van der Waals surface area (Å²) in [5.41, 5.74) is 1.72. The molecule has 0 aliphatic carbocycles. The van der Waals surface area contributed by atoms with Gasteiger partial charge in [0.2, 0.25) is 5.91 Å². The standard InChI is InChI=1S/C14H15BrN2O2/c15-10-4-5-11-9(7-10)8-17(14(11)19)12-3-1-2-6-16-13(12)18/h4-5,7,12H,1-3,6,8H2,(H,16,18)/t12-/m0/s1. The van der Waals surface area contributed by atoms with Crippen LogP contribution in [0.25, 0.3) is 0 Å². The molecule has 1 fully saturated rings. The Bertz CT molecular complexity index is 544. The molecule has 0 aromatic heterocycles. The lowest BCUT2D eigenvalue weighted by molar-refractivity contribution is -0.125. The number of carbonyl (C=O) groups excluding carboxylic acids is 2. The predicted octanol–water partition coefficient (Wildman–Crippen LogP) is 2.07. The highest BCUT2D eigenvalue weighted by atomic mass is 79.9. The van der Waals surface area contributed by atoms with Crippen LogP contribution in [0.3, 0.4) is 0 Å². The molecule has 0 unspecified atom stereocenters. The molecule has 2 aliphatic rings. The van der Waals surface area contributed by atoms with Gasteiger partial charge in [-0.05, 0) is 43.0 Å². The van der Waals surface area contributed by atoms with Gasteiger partial charge in [-0.1, -0.05) is 15.9 Å². The van der Waals surface area contributed by atoms with Gasteiger partial charge >= 0.3 is 0 Å². The number of carbonyl (C=O) groups is 2. The number of benzene rings is 1. The third-order valence-electron chi connectivity index (χ3n) is 3.78. The molecule has 2 heterocycles. The van der Waals surface area contributed by atoms with Crippen molar-refractivity contribution in [1.82, 2.24) is 10.2 Å². The van der Waals surface area contributed by atoms with Crippen LogP contribution in [-0.2, 0) is 11.3 Å². The molecule has 1 N–H and O–H groups in total. The summed E-state index contributed by atoms with van der Waals surface area (Å²) in [4.78, 5) is 26.2. The minimum atomic E-state index is -0.318. The van der Waals surface area contributed by atoms with Crippen molar-refractivity contribution in [3.05, 3.63) is 33.8 Å². The predicted molar refractivity (Wildman–Crippen MR) is 74.7 cm³/mol. The maximum atomic E-state index is 12.4. The largest absolute Gasteiger partial charge is 0.354 e. The van der Waals surface area contributed by atoms with Gasteiger partial charge in [-0.15, -0.1) is 0 Å². The zero-order valence-corrected chi connectivity index (χ0v) is 12.1. The van der Waals surface area contributed by atoms with Gasteiger partial charge in [0.1, 0.15) is 6.04 Å². The van der Waals surface area contributed by atoms with Crippen molar-refractivity contribution >= 4 is 27.7 Å². The van der Waals surface area contributed by atoms with Crippen LogP contribution < -0.4 is 5.32 Å². The highest BCUT2D eigenvalue weighted by Crippen LogP contribution is 2.29. The summed E-state index contributed by atoms with van der Waals surface area (Å²) in [6.45, 7) is 1.25. The van der Waals surface area contributed by atoms with Crippen molar-refractivity contribution < 1.29 is 9.59 Å². The molecule has 19 heavy (non-hydrogen) atoms. The summed E-state index contributed by atoms with van der Waals surface area (Å²) in [7, 11) is 0. The maximum Gasteiger partial charge on any atom is 0.255 e. The van der Waals surface area contributed by atoms with E-state index in [1.54, 1.807) is 4.90 Å². The van der Waals surface area contributed by atoms with Gasteiger partial charge in [0, 0.05) is 23.1 Å². The average Bonchev–Trinajstić information content (AvgIpc) is 2.57. The third kappa shape index (κ3) is 2.27. The Labute approximate surface area is 120 Å². The summed E-state index contributed by atoms with van der Waals surface area (Å²) in [6, 6.07) is 5.34. The topological polar surface area (TPSA) is 49.4 Å². The van der Waals surface area contributed by atoms with E-state index in [-0.39, 0.29) is 17.9 Å². The maximum absolute atomic E-state index is 12.4. The van der Waals surface area contributed by atoms with E-state index in [2.05, 4.69) is 21.2 Å². The van der Waals surface area contributed by atoms with E-state index < -0.39 is 0 Å². The Balaban J connectivity index is 1.88. The lowest BCUT2D eigenvalue weighted by Gasteiger charge is -2.25. The number of halogens is 1. The molecule has 0 bridgehead atoms. The van der Waals surface area contributed by atoms with Crippen molar-refractivity contribution in [2.45, 2.75) is 31.8 Å². The molecular formula is C14H15BrN2O2. The van der Waals surface area contributed by atoms with Gasteiger partial charge in [0.05, 0.1) is 0 Å². The molecule has 0 saturated carbocycles. The molecule has 100 valence electrons. The molecule has 2 amide bonds. The molecule has 2 aliphatic heterocycles. The molecule has 0 spiro atoms. The third-order valence-corrected chi connectivity index (χ3v) is 4.27. The zero-order chi connectivity index (χ0) is 13.4. The highest BCUT2D eigenvalue weighted by molar-refractivity contribution is 9.10. The molecule has 1 aromatic rings. The lowest BCUT2D eigenvalue weighted by atomic mass is 10.1. The SMILES string of the molecule is O=C1NCCCC[C@@H]1N1Cc2cc(Br)ccc2C1=O. The van der Waals surface area contributed by atoms with Crippen molar-refractivity contribution in [3.63, 3.8) is 0 Å². The number of nitrogens with one attached hydrogen (secondary N) is 1. The normalized spacial score (nSPS) is 23.0. The number of rotatable bonds is 1. The Morgan fingerprint density at radius 2 is 2.11 bits per heavy atom. The Morgan fingerprint density at radius 3 is 2.95 bits per heavy atom. The molecule has 5 heteroatoms. The second-order valence-corrected chi connectivity index (χ2v) is 5.95. The van der Waals surface area contributed by atoms with Crippen molar-refractivity contribution in [1.29, 1.82) is 0 Å². The van der Waals surface area contributed by atoms with E-state index in [0.29, 0.717) is 6.54 Å². The summed E-state index contributed by atoms with van der Waals surface area (Å²) in [5.74, 6) is -0.0396. The van der Waals surface area contributed by atoms with Gasteiger partial charge in [0.15, 0.2) is 0 Å². The van der Waals surface area contributed by atoms with Crippen LogP contribution in [-0.4, -0.2) is 29.3 Å². The van der Waals surface area contributed by atoms with Crippen molar-refractivity contribution in [2.75, 3.05) is 6.54 Å². The van der Waals surface area contributed by atoms with Crippen LogP contribution in [0.4, 0.5) is 0 Å². The molecular weight excluding hydrogens is 308 g/mol. The minimum Gasteiger partial charge on any atom is -0.354 e. The fraction of sp³-hybridized carbons (Fsp3) is 0.429. The quantitative estimate of drug-likeness (QED) is 0.860. The first kappa shape index (κ1) is 12.7. The fourth-order valence-corrected chi connectivity index (χ4v) is 3.19. The van der Waals surface area contributed by atoms with Crippen LogP contribution in [0.1, 0.15) is 35.2 Å². The highest BCUT2D eigenvalue weighted by Gasteiger charge is 2.36. The van der Waals surface area contributed by atoms with Gasteiger partial charge in [-0.3, -0.25) is 9.59 Å². The van der Waals surface area contributed by atoms with Gasteiger partial charge < -0.3 is 10.2 Å². The summed E-state index contributed by atoms with van der Waals surface area (Å²) in [5, 5.41) is 2.89. The Kier molecular flexibility index (Phi) is 3.31. The minimum absolute atomic E-state index is 0.0160.